The first-order valence-corrected chi connectivity index (χ1v) is 8.20. The number of hydrogen-bond acceptors (Lipinski definition) is 5. The smallest absolute Gasteiger partial charge is 0.315 e. The zero-order valence-electron chi connectivity index (χ0n) is 14.7. The lowest BCUT2D eigenvalue weighted by Crippen LogP contribution is -2.56. The Labute approximate surface area is 151 Å². The second kappa shape index (κ2) is 10.9. The van der Waals surface area contributed by atoms with Crippen LogP contribution >= 0.6 is 0 Å². The van der Waals surface area contributed by atoms with Gasteiger partial charge >= 0.3 is 6.03 Å². The number of rotatable bonds is 4. The Hall–Kier alpha value is -2.88. The van der Waals surface area contributed by atoms with E-state index in [1.165, 1.54) is 25.3 Å². The highest BCUT2D eigenvalue weighted by Gasteiger charge is 2.25. The predicted octanol–water partition coefficient (Wildman–Crippen LogP) is -2.10. The highest BCUT2D eigenvalue weighted by atomic mass is 16.3. The first kappa shape index (κ1) is 21.2. The third kappa shape index (κ3) is 7.34. The molecule has 1 aliphatic heterocycles. The molecule has 1 rings (SSSR count). The van der Waals surface area contributed by atoms with Gasteiger partial charge in [0.25, 0.3) is 0 Å². The minimum absolute atomic E-state index is 0.254. The molecular weight excluding hydrogens is 342 g/mol. The van der Waals surface area contributed by atoms with Gasteiger partial charge in [-0.1, -0.05) is 18.2 Å². The van der Waals surface area contributed by atoms with Gasteiger partial charge < -0.3 is 31.7 Å². The molecule has 0 aromatic rings. The fourth-order valence-electron chi connectivity index (χ4n) is 2.04. The van der Waals surface area contributed by atoms with E-state index in [0.717, 1.165) is 0 Å². The molecule has 3 unspecified atom stereocenters. The molecular formula is C16H25N5O5. The zero-order valence-corrected chi connectivity index (χ0v) is 14.7. The Morgan fingerprint density at radius 2 is 2.08 bits per heavy atom. The average Bonchev–Trinajstić information content (AvgIpc) is 2.61. The third-order valence-corrected chi connectivity index (χ3v) is 3.46. The van der Waals surface area contributed by atoms with Gasteiger partial charge in [0.1, 0.15) is 12.1 Å². The second-order valence-electron chi connectivity index (χ2n) is 5.61. The summed E-state index contributed by atoms with van der Waals surface area (Å²) in [6, 6.07) is -3.26. The molecule has 26 heavy (non-hydrogen) atoms. The standard InChI is InChI=1S/C16H25N5O5/c1-10-6-7-13(23)18-8-4-3-5-11(14(24)19-10)20-15(25)12(9-22)21-16(26)17-2/h3,5-7,10-12,22H,4,8-9H2,1-2H3,(H,18,23)(H,19,24)(H,20,25)(H2,17,21,26). The van der Waals surface area contributed by atoms with E-state index in [0.29, 0.717) is 13.0 Å². The van der Waals surface area contributed by atoms with Crippen molar-refractivity contribution < 1.29 is 24.3 Å². The van der Waals surface area contributed by atoms with Gasteiger partial charge in [0.05, 0.1) is 6.61 Å². The summed E-state index contributed by atoms with van der Waals surface area (Å²) in [7, 11) is 1.37. The monoisotopic (exact) mass is 367 g/mol. The number of nitrogens with one attached hydrogen (secondary N) is 5. The molecule has 3 atom stereocenters. The van der Waals surface area contributed by atoms with E-state index in [1.54, 1.807) is 13.0 Å². The predicted molar refractivity (Wildman–Crippen MR) is 93.9 cm³/mol. The summed E-state index contributed by atoms with van der Waals surface area (Å²) in [5, 5.41) is 21.6. The topological polar surface area (TPSA) is 149 Å². The van der Waals surface area contributed by atoms with Gasteiger partial charge in [-0.25, -0.2) is 4.79 Å². The first-order chi connectivity index (χ1) is 12.4. The lowest BCUT2D eigenvalue weighted by molar-refractivity contribution is -0.129. The van der Waals surface area contributed by atoms with Gasteiger partial charge in [-0.3, -0.25) is 14.4 Å². The summed E-state index contributed by atoms with van der Waals surface area (Å²) in [5.74, 6) is -1.44. The summed E-state index contributed by atoms with van der Waals surface area (Å²) in [5.41, 5.74) is 0. The van der Waals surface area contributed by atoms with Gasteiger partial charge in [0.2, 0.25) is 17.7 Å². The van der Waals surface area contributed by atoms with Gasteiger partial charge in [-0.15, -0.1) is 0 Å². The van der Waals surface area contributed by atoms with Crippen molar-refractivity contribution >= 4 is 23.8 Å². The van der Waals surface area contributed by atoms with Gasteiger partial charge in [-0.2, -0.15) is 0 Å². The highest BCUT2D eigenvalue weighted by Crippen LogP contribution is 1.97. The Morgan fingerprint density at radius 1 is 1.35 bits per heavy atom. The molecule has 0 fully saturated rings. The quantitative estimate of drug-likeness (QED) is 0.315. The highest BCUT2D eigenvalue weighted by molar-refractivity contribution is 5.93. The number of aliphatic hydroxyl groups excluding tert-OH is 1. The molecule has 0 radical (unpaired) electrons. The molecule has 6 N–H and O–H groups in total. The van der Waals surface area contributed by atoms with Crippen LogP contribution in [0.2, 0.25) is 0 Å². The van der Waals surface area contributed by atoms with E-state index in [1.807, 2.05) is 0 Å². The van der Waals surface area contributed by atoms with Crippen LogP contribution in [0.5, 0.6) is 0 Å². The van der Waals surface area contributed by atoms with Crippen LogP contribution in [0.3, 0.4) is 0 Å². The molecule has 0 saturated carbocycles. The molecule has 0 spiro atoms. The Bertz CT molecular complexity index is 590. The number of aliphatic hydroxyl groups is 1. The lowest BCUT2D eigenvalue weighted by Gasteiger charge is -2.21. The normalized spacial score (nSPS) is 22.1. The number of hydrogen-bond donors (Lipinski definition) is 6. The van der Waals surface area contributed by atoms with Crippen molar-refractivity contribution in [3.8, 4) is 0 Å². The van der Waals surface area contributed by atoms with Crippen molar-refractivity contribution in [1.29, 1.82) is 0 Å². The first-order valence-electron chi connectivity index (χ1n) is 8.20. The summed E-state index contributed by atoms with van der Waals surface area (Å²) in [6.07, 6.45) is 6.47. The van der Waals surface area contributed by atoms with E-state index in [9.17, 15) is 24.3 Å². The van der Waals surface area contributed by atoms with E-state index >= 15 is 0 Å². The Balaban J connectivity index is 2.83. The third-order valence-electron chi connectivity index (χ3n) is 3.46. The molecule has 0 aromatic carbocycles. The maximum atomic E-state index is 12.4. The van der Waals surface area contributed by atoms with E-state index in [4.69, 9.17) is 0 Å². The molecule has 1 aliphatic rings. The van der Waals surface area contributed by atoms with Crippen LogP contribution in [0.25, 0.3) is 0 Å². The molecule has 1 heterocycles. The van der Waals surface area contributed by atoms with Crippen LogP contribution in [0.15, 0.2) is 24.3 Å². The van der Waals surface area contributed by atoms with Gasteiger partial charge in [0.15, 0.2) is 0 Å². The summed E-state index contributed by atoms with van der Waals surface area (Å²) in [6.45, 7) is 1.44. The number of carbonyl (C=O) groups is 4. The second-order valence-corrected chi connectivity index (χ2v) is 5.61. The molecule has 0 saturated heterocycles. The fraction of sp³-hybridized carbons (Fsp3) is 0.500. The fourth-order valence-corrected chi connectivity index (χ4v) is 2.04. The maximum Gasteiger partial charge on any atom is 0.315 e. The zero-order chi connectivity index (χ0) is 19.5. The number of amides is 5. The van der Waals surface area contributed by atoms with Crippen molar-refractivity contribution in [2.24, 2.45) is 0 Å². The van der Waals surface area contributed by atoms with E-state index in [2.05, 4.69) is 26.6 Å². The van der Waals surface area contributed by atoms with Crippen LogP contribution in [0.4, 0.5) is 4.79 Å². The van der Waals surface area contributed by atoms with Crippen LogP contribution in [-0.4, -0.2) is 67.2 Å². The largest absolute Gasteiger partial charge is 0.394 e. The number of urea groups is 1. The number of carbonyl (C=O) groups excluding carboxylic acids is 4. The van der Waals surface area contributed by atoms with Crippen LogP contribution in [0, 0.1) is 0 Å². The SMILES string of the molecule is CNC(=O)NC(CO)C(=O)NC1C=CCCNC(=O)C=CC(C)NC1=O. The maximum absolute atomic E-state index is 12.4. The van der Waals surface area contributed by atoms with Crippen molar-refractivity contribution in [2.45, 2.75) is 31.5 Å². The van der Waals surface area contributed by atoms with Gasteiger partial charge in [-0.05, 0) is 13.3 Å². The molecule has 0 aromatic heterocycles. The van der Waals surface area contributed by atoms with Crippen molar-refractivity contribution in [3.63, 3.8) is 0 Å². The van der Waals surface area contributed by atoms with E-state index in [-0.39, 0.29) is 5.91 Å². The molecule has 10 heteroatoms. The van der Waals surface area contributed by atoms with E-state index < -0.39 is 42.6 Å². The molecule has 5 amide bonds. The van der Waals surface area contributed by atoms with Crippen LogP contribution in [-0.2, 0) is 14.4 Å². The molecule has 10 nitrogen and oxygen atoms in total. The average molecular weight is 367 g/mol. The Kier molecular flexibility index (Phi) is 8.85. The molecule has 144 valence electrons. The molecule has 0 bridgehead atoms. The summed E-state index contributed by atoms with van der Waals surface area (Å²) < 4.78 is 0. The van der Waals surface area contributed by atoms with Gasteiger partial charge in [0, 0.05) is 25.7 Å². The minimum Gasteiger partial charge on any atom is -0.394 e. The van der Waals surface area contributed by atoms with Crippen molar-refractivity contribution in [1.82, 2.24) is 26.6 Å². The van der Waals surface area contributed by atoms with Crippen molar-refractivity contribution in [2.75, 3.05) is 20.2 Å². The van der Waals surface area contributed by atoms with Crippen LogP contribution < -0.4 is 26.6 Å². The minimum atomic E-state index is -1.20. The lowest BCUT2D eigenvalue weighted by atomic mass is 10.1. The summed E-state index contributed by atoms with van der Waals surface area (Å²) >= 11 is 0. The molecule has 0 aliphatic carbocycles. The summed E-state index contributed by atoms with van der Waals surface area (Å²) in [4.78, 5) is 47.4. The van der Waals surface area contributed by atoms with Crippen molar-refractivity contribution in [3.05, 3.63) is 24.3 Å². The van der Waals surface area contributed by atoms with Crippen LogP contribution in [0.1, 0.15) is 13.3 Å². The Morgan fingerprint density at radius 3 is 2.73 bits per heavy atom.